The largest absolute Gasteiger partial charge is 0.326 e. The lowest BCUT2D eigenvalue weighted by molar-refractivity contribution is 0.190. The van der Waals surface area contributed by atoms with Gasteiger partial charge in [0.15, 0.2) is 0 Å². The summed E-state index contributed by atoms with van der Waals surface area (Å²) in [5, 5.41) is 0. The van der Waals surface area contributed by atoms with E-state index in [9.17, 15) is 0 Å². The van der Waals surface area contributed by atoms with E-state index in [1.54, 1.807) is 0 Å². The highest BCUT2D eigenvalue weighted by molar-refractivity contribution is 4.86. The number of hydrogen-bond acceptors (Lipinski definition) is 2. The van der Waals surface area contributed by atoms with Gasteiger partial charge >= 0.3 is 0 Å². The van der Waals surface area contributed by atoms with Crippen molar-refractivity contribution in [1.82, 2.24) is 4.90 Å². The van der Waals surface area contributed by atoms with Crippen LogP contribution in [0, 0.1) is 17.8 Å². The maximum Gasteiger partial charge on any atom is 0.0206 e. The van der Waals surface area contributed by atoms with Crippen molar-refractivity contribution in [3.8, 4) is 0 Å². The van der Waals surface area contributed by atoms with Gasteiger partial charge in [-0.15, -0.1) is 0 Å². The molecular formula is C14H28N2. The molecule has 1 heterocycles. The second kappa shape index (κ2) is 5.50. The van der Waals surface area contributed by atoms with Gasteiger partial charge in [0.2, 0.25) is 0 Å². The fraction of sp³-hybridized carbons (Fsp3) is 1.00. The van der Waals surface area contributed by atoms with Gasteiger partial charge in [0.05, 0.1) is 0 Å². The van der Waals surface area contributed by atoms with Crippen molar-refractivity contribution in [3.05, 3.63) is 0 Å². The van der Waals surface area contributed by atoms with Gasteiger partial charge in [0.25, 0.3) is 0 Å². The summed E-state index contributed by atoms with van der Waals surface area (Å²) in [4.78, 5) is 2.61. The molecule has 4 atom stereocenters. The van der Waals surface area contributed by atoms with Crippen LogP contribution in [0.1, 0.15) is 46.0 Å². The summed E-state index contributed by atoms with van der Waals surface area (Å²) in [5.41, 5.74) is 6.09. The van der Waals surface area contributed by atoms with Gasteiger partial charge in [0.1, 0.15) is 0 Å². The van der Waals surface area contributed by atoms with E-state index in [0.717, 1.165) is 18.4 Å². The van der Waals surface area contributed by atoms with Crippen LogP contribution >= 0.6 is 0 Å². The Hall–Kier alpha value is -0.0800. The molecule has 2 rings (SSSR count). The minimum Gasteiger partial charge on any atom is -0.326 e. The molecule has 0 aromatic rings. The molecule has 2 aliphatic rings. The number of nitrogens with two attached hydrogens (primary N) is 1. The van der Waals surface area contributed by atoms with Gasteiger partial charge in [-0.05, 0) is 30.6 Å². The average Bonchev–Trinajstić information content (AvgIpc) is 2.58. The Balaban J connectivity index is 1.77. The van der Waals surface area contributed by atoms with Gasteiger partial charge < -0.3 is 10.6 Å². The molecule has 1 saturated heterocycles. The molecule has 2 N–H and O–H groups in total. The van der Waals surface area contributed by atoms with Crippen LogP contribution in [0.25, 0.3) is 0 Å². The second-order valence-electron chi connectivity index (χ2n) is 6.17. The molecular weight excluding hydrogens is 196 g/mol. The zero-order valence-corrected chi connectivity index (χ0v) is 11.0. The van der Waals surface area contributed by atoms with Crippen molar-refractivity contribution in [3.63, 3.8) is 0 Å². The Labute approximate surface area is 101 Å². The minimum absolute atomic E-state index is 0.422. The fourth-order valence-electron chi connectivity index (χ4n) is 3.55. The maximum absolute atomic E-state index is 6.09. The SMILES string of the molecule is CCC1CCCC(CN2CC(C)C(N)C2)C1. The van der Waals surface area contributed by atoms with Crippen LogP contribution in [0.15, 0.2) is 0 Å². The number of rotatable bonds is 3. The van der Waals surface area contributed by atoms with Crippen molar-refractivity contribution in [1.29, 1.82) is 0 Å². The van der Waals surface area contributed by atoms with Crippen LogP contribution in [0.2, 0.25) is 0 Å². The second-order valence-corrected chi connectivity index (χ2v) is 6.17. The summed E-state index contributed by atoms with van der Waals surface area (Å²) in [6, 6.07) is 0.422. The molecule has 2 heteroatoms. The van der Waals surface area contributed by atoms with Gasteiger partial charge in [-0.1, -0.05) is 33.1 Å². The molecule has 2 fully saturated rings. The number of likely N-dealkylation sites (tertiary alicyclic amines) is 1. The number of nitrogens with zero attached hydrogens (tertiary/aromatic N) is 1. The molecule has 1 saturated carbocycles. The molecule has 0 bridgehead atoms. The summed E-state index contributed by atoms with van der Waals surface area (Å²) in [7, 11) is 0. The van der Waals surface area contributed by atoms with Crippen LogP contribution in [0.3, 0.4) is 0 Å². The first-order valence-electron chi connectivity index (χ1n) is 7.17. The summed E-state index contributed by atoms with van der Waals surface area (Å²) in [5.74, 6) is 2.66. The first-order chi connectivity index (χ1) is 7.69. The van der Waals surface area contributed by atoms with Crippen molar-refractivity contribution in [2.45, 2.75) is 52.0 Å². The molecule has 0 aromatic heterocycles. The molecule has 1 aliphatic carbocycles. The third-order valence-electron chi connectivity index (χ3n) is 4.73. The lowest BCUT2D eigenvalue weighted by atomic mass is 9.80. The quantitative estimate of drug-likeness (QED) is 0.798. The lowest BCUT2D eigenvalue weighted by Crippen LogP contribution is -2.32. The Kier molecular flexibility index (Phi) is 4.26. The first kappa shape index (κ1) is 12.4. The summed E-state index contributed by atoms with van der Waals surface area (Å²) in [6.45, 7) is 8.32. The summed E-state index contributed by atoms with van der Waals surface area (Å²) >= 11 is 0. The van der Waals surface area contributed by atoms with Gasteiger partial charge in [-0.2, -0.15) is 0 Å². The van der Waals surface area contributed by atoms with Crippen LogP contribution in [0.5, 0.6) is 0 Å². The molecule has 4 unspecified atom stereocenters. The molecule has 1 aliphatic heterocycles. The van der Waals surface area contributed by atoms with E-state index in [-0.39, 0.29) is 0 Å². The molecule has 0 radical (unpaired) electrons. The van der Waals surface area contributed by atoms with Crippen LogP contribution in [-0.2, 0) is 0 Å². The zero-order valence-electron chi connectivity index (χ0n) is 11.0. The molecule has 2 nitrogen and oxygen atoms in total. The monoisotopic (exact) mass is 224 g/mol. The lowest BCUT2D eigenvalue weighted by Gasteiger charge is -2.31. The van der Waals surface area contributed by atoms with E-state index in [1.807, 2.05) is 0 Å². The molecule has 0 spiro atoms. The average molecular weight is 224 g/mol. The molecule has 0 amide bonds. The van der Waals surface area contributed by atoms with Gasteiger partial charge in [-0.3, -0.25) is 0 Å². The number of hydrogen-bond donors (Lipinski definition) is 1. The van der Waals surface area contributed by atoms with Crippen LogP contribution in [0.4, 0.5) is 0 Å². The normalized spacial score (nSPS) is 41.4. The van der Waals surface area contributed by atoms with E-state index in [1.165, 1.54) is 45.2 Å². The highest BCUT2D eigenvalue weighted by Crippen LogP contribution is 2.32. The Morgan fingerprint density at radius 2 is 1.94 bits per heavy atom. The molecule has 0 aromatic carbocycles. The fourth-order valence-corrected chi connectivity index (χ4v) is 3.55. The predicted molar refractivity (Wildman–Crippen MR) is 69.3 cm³/mol. The van der Waals surface area contributed by atoms with Crippen molar-refractivity contribution in [2.24, 2.45) is 23.5 Å². The summed E-state index contributed by atoms with van der Waals surface area (Å²) in [6.07, 6.45) is 7.24. The van der Waals surface area contributed by atoms with Crippen LogP contribution < -0.4 is 5.73 Å². The summed E-state index contributed by atoms with van der Waals surface area (Å²) < 4.78 is 0. The van der Waals surface area contributed by atoms with E-state index >= 15 is 0 Å². The highest BCUT2D eigenvalue weighted by Gasteiger charge is 2.29. The smallest absolute Gasteiger partial charge is 0.0206 e. The Bertz CT molecular complexity index is 207. The van der Waals surface area contributed by atoms with Crippen molar-refractivity contribution in [2.75, 3.05) is 19.6 Å². The third kappa shape index (κ3) is 2.98. The predicted octanol–water partition coefficient (Wildman–Crippen LogP) is 2.48. The topological polar surface area (TPSA) is 29.3 Å². The van der Waals surface area contributed by atoms with E-state index in [0.29, 0.717) is 12.0 Å². The van der Waals surface area contributed by atoms with Crippen molar-refractivity contribution < 1.29 is 0 Å². The highest BCUT2D eigenvalue weighted by atomic mass is 15.2. The van der Waals surface area contributed by atoms with E-state index < -0.39 is 0 Å². The molecule has 16 heavy (non-hydrogen) atoms. The Morgan fingerprint density at radius 3 is 2.56 bits per heavy atom. The standard InChI is InChI=1S/C14H28N2/c1-3-12-5-4-6-13(7-12)9-16-8-11(2)14(15)10-16/h11-14H,3-10,15H2,1-2H3. The van der Waals surface area contributed by atoms with E-state index in [4.69, 9.17) is 5.73 Å². The minimum atomic E-state index is 0.422. The van der Waals surface area contributed by atoms with E-state index in [2.05, 4.69) is 18.7 Å². The van der Waals surface area contributed by atoms with Crippen molar-refractivity contribution >= 4 is 0 Å². The maximum atomic E-state index is 6.09. The van der Waals surface area contributed by atoms with Crippen LogP contribution in [-0.4, -0.2) is 30.6 Å². The first-order valence-corrected chi connectivity index (χ1v) is 7.17. The third-order valence-corrected chi connectivity index (χ3v) is 4.73. The van der Waals surface area contributed by atoms with Gasteiger partial charge in [-0.25, -0.2) is 0 Å². The van der Waals surface area contributed by atoms with Gasteiger partial charge in [0, 0.05) is 25.7 Å². The zero-order chi connectivity index (χ0) is 11.5. The molecule has 94 valence electrons. The Morgan fingerprint density at radius 1 is 1.19 bits per heavy atom.